The third-order valence-electron chi connectivity index (χ3n) is 2.15. The molecule has 0 aliphatic carbocycles. The van der Waals surface area contributed by atoms with Crippen molar-refractivity contribution in [1.82, 2.24) is 15.1 Å². The van der Waals surface area contributed by atoms with Crippen LogP contribution in [0.15, 0.2) is 12.3 Å². The van der Waals surface area contributed by atoms with Crippen LogP contribution >= 0.6 is 11.6 Å². The molecule has 1 aromatic heterocycles. The van der Waals surface area contributed by atoms with Gasteiger partial charge in [0.1, 0.15) is 5.69 Å². The molecule has 0 saturated carbocycles. The SMILES string of the molecule is Cn1nccc1C(=O)NCCCCCCl. The molecular formula is C10H16ClN3O. The lowest BCUT2D eigenvalue weighted by atomic mass is 10.2. The highest BCUT2D eigenvalue weighted by Gasteiger charge is 2.07. The number of aromatic nitrogens is 2. The summed E-state index contributed by atoms with van der Waals surface area (Å²) < 4.78 is 1.56. The molecule has 1 rings (SSSR count). The molecule has 0 aliphatic rings. The second-order valence-corrected chi connectivity index (χ2v) is 3.72. The highest BCUT2D eigenvalue weighted by molar-refractivity contribution is 6.17. The van der Waals surface area contributed by atoms with Crippen LogP contribution in [0.4, 0.5) is 0 Å². The largest absolute Gasteiger partial charge is 0.351 e. The summed E-state index contributed by atoms with van der Waals surface area (Å²) in [5.41, 5.74) is 0.590. The van der Waals surface area contributed by atoms with Gasteiger partial charge in [-0.05, 0) is 18.9 Å². The molecule has 15 heavy (non-hydrogen) atoms. The van der Waals surface area contributed by atoms with Gasteiger partial charge in [0.15, 0.2) is 0 Å². The van der Waals surface area contributed by atoms with Gasteiger partial charge >= 0.3 is 0 Å². The Kier molecular flexibility index (Phi) is 5.18. The van der Waals surface area contributed by atoms with Crippen LogP contribution in [0.1, 0.15) is 29.8 Å². The molecule has 0 aromatic carbocycles. The summed E-state index contributed by atoms with van der Waals surface area (Å²) in [6.45, 7) is 0.695. The van der Waals surface area contributed by atoms with E-state index in [1.807, 2.05) is 0 Å². The second kappa shape index (κ2) is 6.45. The number of carbonyl (C=O) groups excluding carboxylic acids is 1. The van der Waals surface area contributed by atoms with Gasteiger partial charge in [0, 0.05) is 25.7 Å². The molecular weight excluding hydrogens is 214 g/mol. The van der Waals surface area contributed by atoms with Gasteiger partial charge in [0.2, 0.25) is 0 Å². The normalized spacial score (nSPS) is 10.3. The second-order valence-electron chi connectivity index (χ2n) is 3.35. The predicted octanol–water partition coefficient (Wildman–Crippen LogP) is 1.56. The van der Waals surface area contributed by atoms with E-state index in [4.69, 9.17) is 11.6 Å². The predicted molar refractivity (Wildman–Crippen MR) is 60.1 cm³/mol. The molecule has 1 amide bonds. The number of aryl methyl sites for hydroxylation is 1. The van der Waals surface area contributed by atoms with Crippen LogP contribution in [0.3, 0.4) is 0 Å². The Morgan fingerprint density at radius 3 is 2.93 bits per heavy atom. The van der Waals surface area contributed by atoms with Crippen molar-refractivity contribution in [2.45, 2.75) is 19.3 Å². The highest BCUT2D eigenvalue weighted by Crippen LogP contribution is 1.98. The molecule has 0 spiro atoms. The van der Waals surface area contributed by atoms with E-state index in [0.717, 1.165) is 19.3 Å². The first kappa shape index (κ1) is 12.0. The van der Waals surface area contributed by atoms with Crippen molar-refractivity contribution < 1.29 is 4.79 Å². The van der Waals surface area contributed by atoms with Crippen LogP contribution in [0.2, 0.25) is 0 Å². The van der Waals surface area contributed by atoms with Crippen LogP contribution < -0.4 is 5.32 Å². The van der Waals surface area contributed by atoms with Gasteiger partial charge in [-0.1, -0.05) is 6.42 Å². The Hall–Kier alpha value is -1.03. The quantitative estimate of drug-likeness (QED) is 0.595. The zero-order valence-electron chi connectivity index (χ0n) is 8.87. The molecule has 0 fully saturated rings. The van der Waals surface area contributed by atoms with Gasteiger partial charge in [-0.25, -0.2) is 0 Å². The lowest BCUT2D eigenvalue weighted by Gasteiger charge is -2.04. The molecule has 1 aromatic rings. The topological polar surface area (TPSA) is 46.9 Å². The summed E-state index contributed by atoms with van der Waals surface area (Å²) in [5.74, 6) is 0.622. The maximum absolute atomic E-state index is 11.6. The molecule has 84 valence electrons. The summed E-state index contributed by atoms with van der Waals surface area (Å²) >= 11 is 5.55. The third kappa shape index (κ3) is 3.91. The average Bonchev–Trinajstić information content (AvgIpc) is 2.64. The number of unbranched alkanes of at least 4 members (excludes halogenated alkanes) is 2. The van der Waals surface area contributed by atoms with E-state index in [0.29, 0.717) is 18.1 Å². The van der Waals surface area contributed by atoms with Crippen molar-refractivity contribution in [3.63, 3.8) is 0 Å². The minimum atomic E-state index is -0.0686. The van der Waals surface area contributed by atoms with Crippen molar-refractivity contribution in [2.24, 2.45) is 7.05 Å². The van der Waals surface area contributed by atoms with E-state index >= 15 is 0 Å². The summed E-state index contributed by atoms with van der Waals surface area (Å²) in [6.07, 6.45) is 4.64. The number of hydrogen-bond acceptors (Lipinski definition) is 2. The van der Waals surface area contributed by atoms with E-state index in [1.165, 1.54) is 0 Å². The fourth-order valence-electron chi connectivity index (χ4n) is 1.29. The van der Waals surface area contributed by atoms with Crippen molar-refractivity contribution >= 4 is 17.5 Å². The average molecular weight is 230 g/mol. The summed E-state index contributed by atoms with van der Waals surface area (Å²) in [6, 6.07) is 1.70. The molecule has 4 nitrogen and oxygen atoms in total. The minimum absolute atomic E-state index is 0.0686. The Morgan fingerprint density at radius 2 is 2.33 bits per heavy atom. The molecule has 0 unspecified atom stereocenters. The maximum Gasteiger partial charge on any atom is 0.269 e. The smallest absolute Gasteiger partial charge is 0.269 e. The molecule has 0 bridgehead atoms. The lowest BCUT2D eigenvalue weighted by molar-refractivity contribution is 0.0943. The number of nitrogens with zero attached hydrogens (tertiary/aromatic N) is 2. The highest BCUT2D eigenvalue weighted by atomic mass is 35.5. The maximum atomic E-state index is 11.6. The number of hydrogen-bond donors (Lipinski definition) is 1. The van der Waals surface area contributed by atoms with Gasteiger partial charge in [0.05, 0.1) is 0 Å². The molecule has 0 radical (unpaired) electrons. The van der Waals surface area contributed by atoms with E-state index < -0.39 is 0 Å². The van der Waals surface area contributed by atoms with Crippen LogP contribution in [0.5, 0.6) is 0 Å². The van der Waals surface area contributed by atoms with Crippen molar-refractivity contribution in [2.75, 3.05) is 12.4 Å². The fraction of sp³-hybridized carbons (Fsp3) is 0.600. The van der Waals surface area contributed by atoms with Gasteiger partial charge in [-0.3, -0.25) is 9.48 Å². The van der Waals surface area contributed by atoms with E-state index in [9.17, 15) is 4.79 Å². The van der Waals surface area contributed by atoms with Gasteiger partial charge in [-0.2, -0.15) is 5.10 Å². The lowest BCUT2D eigenvalue weighted by Crippen LogP contribution is -2.26. The first-order valence-corrected chi connectivity index (χ1v) is 5.61. The molecule has 0 saturated heterocycles. The zero-order valence-corrected chi connectivity index (χ0v) is 9.63. The number of halogens is 1. The summed E-state index contributed by atoms with van der Waals surface area (Å²) in [5, 5.41) is 6.78. The number of rotatable bonds is 6. The Balaban J connectivity index is 2.22. The van der Waals surface area contributed by atoms with Crippen LogP contribution in [-0.4, -0.2) is 28.1 Å². The molecule has 0 atom stereocenters. The van der Waals surface area contributed by atoms with Crippen molar-refractivity contribution in [3.05, 3.63) is 18.0 Å². The number of amides is 1. The van der Waals surface area contributed by atoms with E-state index in [-0.39, 0.29) is 5.91 Å². The molecule has 1 heterocycles. The first-order chi connectivity index (χ1) is 7.25. The molecule has 0 aliphatic heterocycles. The van der Waals surface area contributed by atoms with Crippen molar-refractivity contribution in [1.29, 1.82) is 0 Å². The van der Waals surface area contributed by atoms with Gasteiger partial charge in [-0.15, -0.1) is 11.6 Å². The monoisotopic (exact) mass is 229 g/mol. The van der Waals surface area contributed by atoms with Gasteiger partial charge in [0.25, 0.3) is 5.91 Å². The van der Waals surface area contributed by atoms with Crippen LogP contribution in [0, 0.1) is 0 Å². The zero-order chi connectivity index (χ0) is 11.1. The summed E-state index contributed by atoms with van der Waals surface area (Å²) in [4.78, 5) is 11.6. The van der Waals surface area contributed by atoms with E-state index in [1.54, 1.807) is 24.0 Å². The van der Waals surface area contributed by atoms with E-state index in [2.05, 4.69) is 10.4 Å². The number of alkyl halides is 1. The Bertz CT molecular complexity index is 311. The first-order valence-electron chi connectivity index (χ1n) is 5.08. The number of nitrogens with one attached hydrogen (secondary N) is 1. The molecule has 5 heteroatoms. The minimum Gasteiger partial charge on any atom is -0.351 e. The Morgan fingerprint density at radius 1 is 1.53 bits per heavy atom. The van der Waals surface area contributed by atoms with Crippen molar-refractivity contribution in [3.8, 4) is 0 Å². The molecule has 1 N–H and O–H groups in total. The van der Waals surface area contributed by atoms with Crippen LogP contribution in [-0.2, 0) is 7.05 Å². The standard InChI is InChI=1S/C10H16ClN3O/c1-14-9(5-8-13-14)10(15)12-7-4-2-3-6-11/h5,8H,2-4,6-7H2,1H3,(H,12,15). The fourth-order valence-corrected chi connectivity index (χ4v) is 1.47. The Labute approximate surface area is 94.6 Å². The summed E-state index contributed by atoms with van der Waals surface area (Å²) in [7, 11) is 1.75. The number of carbonyl (C=O) groups is 1. The van der Waals surface area contributed by atoms with Crippen LogP contribution in [0.25, 0.3) is 0 Å². The van der Waals surface area contributed by atoms with Gasteiger partial charge < -0.3 is 5.32 Å². The third-order valence-corrected chi connectivity index (χ3v) is 2.42.